The molecule has 17 heavy (non-hydrogen) atoms. The van der Waals surface area contributed by atoms with E-state index >= 15 is 0 Å². The van der Waals surface area contributed by atoms with Gasteiger partial charge in [0.05, 0.1) is 6.54 Å². The zero-order valence-electron chi connectivity index (χ0n) is 11.4. The molecule has 0 atom stereocenters. The van der Waals surface area contributed by atoms with Gasteiger partial charge in [-0.2, -0.15) is 5.10 Å². The van der Waals surface area contributed by atoms with Crippen LogP contribution in [-0.4, -0.2) is 21.3 Å². The van der Waals surface area contributed by atoms with Crippen LogP contribution < -0.4 is 5.32 Å². The quantitative estimate of drug-likeness (QED) is 0.672. The lowest BCUT2D eigenvalue weighted by molar-refractivity contribution is 0.521. The van der Waals surface area contributed by atoms with Crippen molar-refractivity contribution in [1.29, 1.82) is 0 Å². The second kappa shape index (κ2) is 8.23. The Kier molecular flexibility index (Phi) is 6.86. The van der Waals surface area contributed by atoms with Crippen LogP contribution in [0.15, 0.2) is 6.33 Å². The monoisotopic (exact) mass is 238 g/mol. The van der Waals surface area contributed by atoms with Crippen LogP contribution in [0.4, 0.5) is 0 Å². The molecule has 4 nitrogen and oxygen atoms in total. The van der Waals surface area contributed by atoms with Crippen molar-refractivity contribution < 1.29 is 0 Å². The second-order valence-corrected chi connectivity index (χ2v) is 5.01. The maximum Gasteiger partial charge on any atom is 0.164 e. The van der Waals surface area contributed by atoms with Gasteiger partial charge in [0.15, 0.2) is 5.82 Å². The maximum atomic E-state index is 4.45. The fourth-order valence-corrected chi connectivity index (χ4v) is 1.70. The molecule has 0 spiro atoms. The number of hydrogen-bond acceptors (Lipinski definition) is 3. The summed E-state index contributed by atoms with van der Waals surface area (Å²) < 4.78 is 1.96. The van der Waals surface area contributed by atoms with Crippen LogP contribution in [0, 0.1) is 5.92 Å². The number of rotatable bonds is 9. The molecule has 0 unspecified atom stereocenters. The molecule has 0 saturated carbocycles. The largest absolute Gasteiger partial charge is 0.310 e. The molecule has 0 fully saturated rings. The predicted molar refractivity (Wildman–Crippen MR) is 70.7 cm³/mol. The Bertz CT molecular complexity index is 293. The van der Waals surface area contributed by atoms with E-state index in [1.807, 2.05) is 11.0 Å². The Morgan fingerprint density at radius 3 is 2.82 bits per heavy atom. The first kappa shape index (κ1) is 14.2. The summed E-state index contributed by atoms with van der Waals surface area (Å²) >= 11 is 0. The number of nitrogens with zero attached hydrogens (tertiary/aromatic N) is 3. The van der Waals surface area contributed by atoms with Gasteiger partial charge in [-0.3, -0.25) is 4.68 Å². The fourth-order valence-electron chi connectivity index (χ4n) is 1.70. The van der Waals surface area contributed by atoms with Gasteiger partial charge in [-0.15, -0.1) is 0 Å². The average Bonchev–Trinajstić information content (AvgIpc) is 2.72. The second-order valence-electron chi connectivity index (χ2n) is 5.01. The van der Waals surface area contributed by atoms with Crippen molar-refractivity contribution >= 4 is 0 Å². The molecule has 1 rings (SSSR count). The van der Waals surface area contributed by atoms with Crippen molar-refractivity contribution in [2.75, 3.05) is 6.54 Å². The first-order valence-electron chi connectivity index (χ1n) is 6.81. The molecule has 4 heteroatoms. The van der Waals surface area contributed by atoms with E-state index in [1.54, 1.807) is 0 Å². The molecule has 0 radical (unpaired) electrons. The van der Waals surface area contributed by atoms with Gasteiger partial charge in [0.1, 0.15) is 6.33 Å². The molecular formula is C13H26N4. The first-order valence-corrected chi connectivity index (χ1v) is 6.81. The van der Waals surface area contributed by atoms with Crippen LogP contribution in [0.25, 0.3) is 0 Å². The molecule has 98 valence electrons. The van der Waals surface area contributed by atoms with E-state index in [0.29, 0.717) is 5.92 Å². The number of unbranched alkanes of at least 4 members (excludes halogenated alkanes) is 3. The van der Waals surface area contributed by atoms with E-state index in [9.17, 15) is 0 Å². The van der Waals surface area contributed by atoms with Gasteiger partial charge in [0.25, 0.3) is 0 Å². The molecule has 1 aromatic heterocycles. The molecule has 0 amide bonds. The summed E-state index contributed by atoms with van der Waals surface area (Å²) in [6, 6.07) is 0. The molecule has 1 N–H and O–H groups in total. The van der Waals surface area contributed by atoms with Crippen LogP contribution in [0.5, 0.6) is 0 Å². The van der Waals surface area contributed by atoms with Crippen LogP contribution >= 0.6 is 0 Å². The third kappa shape index (κ3) is 6.41. The lowest BCUT2D eigenvalue weighted by Gasteiger charge is -2.04. The van der Waals surface area contributed by atoms with Crippen molar-refractivity contribution in [3.63, 3.8) is 0 Å². The van der Waals surface area contributed by atoms with E-state index in [-0.39, 0.29) is 0 Å². The topological polar surface area (TPSA) is 42.7 Å². The summed E-state index contributed by atoms with van der Waals surface area (Å²) in [5.74, 6) is 1.58. The van der Waals surface area contributed by atoms with Crippen molar-refractivity contribution in [3.05, 3.63) is 12.2 Å². The molecular weight excluding hydrogens is 212 g/mol. The maximum absolute atomic E-state index is 4.45. The van der Waals surface area contributed by atoms with E-state index in [4.69, 9.17) is 0 Å². The highest BCUT2D eigenvalue weighted by atomic mass is 15.3. The van der Waals surface area contributed by atoms with Crippen molar-refractivity contribution in [1.82, 2.24) is 20.1 Å². The smallest absolute Gasteiger partial charge is 0.164 e. The zero-order valence-corrected chi connectivity index (χ0v) is 11.4. The Morgan fingerprint density at radius 2 is 2.12 bits per heavy atom. The number of hydrogen-bond donors (Lipinski definition) is 1. The van der Waals surface area contributed by atoms with Crippen molar-refractivity contribution in [2.24, 2.45) is 5.92 Å². The first-order chi connectivity index (χ1) is 8.22. The highest BCUT2D eigenvalue weighted by molar-refractivity contribution is 4.80. The standard InChI is InChI=1S/C13H26N4/c1-4-5-6-7-8-17-11-15-13(16-17)10-14-9-12(2)3/h11-12,14H,4-10H2,1-3H3. The molecule has 0 aliphatic rings. The lowest BCUT2D eigenvalue weighted by atomic mass is 10.2. The van der Waals surface area contributed by atoms with Gasteiger partial charge in [-0.05, 0) is 18.9 Å². The minimum absolute atomic E-state index is 0.672. The van der Waals surface area contributed by atoms with E-state index in [1.165, 1.54) is 25.7 Å². The summed E-state index contributed by atoms with van der Waals surface area (Å²) in [5, 5.41) is 7.80. The summed E-state index contributed by atoms with van der Waals surface area (Å²) in [5.41, 5.74) is 0. The molecule has 0 aliphatic carbocycles. The summed E-state index contributed by atoms with van der Waals surface area (Å²) in [6.07, 6.45) is 6.94. The predicted octanol–water partition coefficient (Wildman–Crippen LogP) is 2.60. The SMILES string of the molecule is CCCCCCn1cnc(CNCC(C)C)n1. The van der Waals surface area contributed by atoms with E-state index in [0.717, 1.165) is 25.5 Å². The third-order valence-electron chi connectivity index (χ3n) is 2.66. The summed E-state index contributed by atoms with van der Waals surface area (Å²) in [7, 11) is 0. The number of aryl methyl sites for hydroxylation is 1. The van der Waals surface area contributed by atoms with Gasteiger partial charge >= 0.3 is 0 Å². The molecule has 1 aromatic rings. The van der Waals surface area contributed by atoms with Crippen LogP contribution in [0.3, 0.4) is 0 Å². The molecule has 0 aromatic carbocycles. The third-order valence-corrected chi connectivity index (χ3v) is 2.66. The molecule has 0 bridgehead atoms. The molecule has 1 heterocycles. The van der Waals surface area contributed by atoms with Crippen LogP contribution in [0.1, 0.15) is 52.3 Å². The Morgan fingerprint density at radius 1 is 1.29 bits per heavy atom. The van der Waals surface area contributed by atoms with E-state index in [2.05, 4.69) is 36.2 Å². The van der Waals surface area contributed by atoms with Crippen molar-refractivity contribution in [2.45, 2.75) is 59.5 Å². The van der Waals surface area contributed by atoms with E-state index < -0.39 is 0 Å². The molecule has 0 aliphatic heterocycles. The number of nitrogens with one attached hydrogen (secondary N) is 1. The van der Waals surface area contributed by atoms with Crippen LogP contribution in [-0.2, 0) is 13.1 Å². The van der Waals surface area contributed by atoms with Gasteiger partial charge < -0.3 is 5.32 Å². The highest BCUT2D eigenvalue weighted by Crippen LogP contribution is 2.01. The minimum atomic E-state index is 0.672. The van der Waals surface area contributed by atoms with Gasteiger partial charge in [-0.25, -0.2) is 4.98 Å². The summed E-state index contributed by atoms with van der Waals surface area (Å²) in [4.78, 5) is 4.30. The van der Waals surface area contributed by atoms with Crippen LogP contribution in [0.2, 0.25) is 0 Å². The highest BCUT2D eigenvalue weighted by Gasteiger charge is 2.01. The van der Waals surface area contributed by atoms with Gasteiger partial charge in [-0.1, -0.05) is 40.0 Å². The minimum Gasteiger partial charge on any atom is -0.310 e. The Labute approximate surface area is 105 Å². The number of aromatic nitrogens is 3. The fraction of sp³-hybridized carbons (Fsp3) is 0.846. The van der Waals surface area contributed by atoms with Gasteiger partial charge in [0, 0.05) is 6.54 Å². The Balaban J connectivity index is 2.18. The average molecular weight is 238 g/mol. The Hall–Kier alpha value is -0.900. The van der Waals surface area contributed by atoms with Crippen molar-refractivity contribution in [3.8, 4) is 0 Å². The summed E-state index contributed by atoms with van der Waals surface area (Å²) in [6.45, 7) is 9.43. The zero-order chi connectivity index (χ0) is 12.5. The molecule has 0 saturated heterocycles. The van der Waals surface area contributed by atoms with Gasteiger partial charge in [0.2, 0.25) is 0 Å². The lowest BCUT2D eigenvalue weighted by Crippen LogP contribution is -2.19. The normalized spacial score (nSPS) is 11.3.